The van der Waals surface area contributed by atoms with Crippen molar-refractivity contribution in [1.82, 2.24) is 0 Å². The molecule has 0 spiro atoms. The van der Waals surface area contributed by atoms with Crippen LogP contribution < -0.4 is 0 Å². The highest BCUT2D eigenvalue weighted by Crippen LogP contribution is 2.52. The van der Waals surface area contributed by atoms with Crippen LogP contribution in [0.25, 0.3) is 0 Å². The Morgan fingerprint density at radius 3 is 2.29 bits per heavy atom. The van der Waals surface area contributed by atoms with Gasteiger partial charge in [0.1, 0.15) is 0 Å². The van der Waals surface area contributed by atoms with E-state index in [1.54, 1.807) is 12.1 Å². The standard InChI is InChI=1S/C25H28O2S/c1-4-23-24-16-22(28(26,27)21-12-10-17(2)11-13-21)15-20(24)14-18(3)25(23)19-8-6-5-7-9-19/h4-14,20,22-25H,1,15-16H2,2-3H3/t20-,22?,23+,24-,25+/m0/s1. The van der Waals surface area contributed by atoms with Gasteiger partial charge in [-0.1, -0.05) is 65.8 Å². The Bertz CT molecular complexity index is 987. The highest BCUT2D eigenvalue weighted by molar-refractivity contribution is 7.92. The van der Waals surface area contributed by atoms with Gasteiger partial charge in [0.2, 0.25) is 0 Å². The van der Waals surface area contributed by atoms with Gasteiger partial charge in [0, 0.05) is 5.92 Å². The molecule has 2 aromatic carbocycles. The zero-order valence-corrected chi connectivity index (χ0v) is 17.4. The molecular formula is C25H28O2S. The van der Waals surface area contributed by atoms with Gasteiger partial charge in [-0.25, -0.2) is 8.42 Å². The first-order valence-corrected chi connectivity index (χ1v) is 11.6. The minimum atomic E-state index is -3.31. The topological polar surface area (TPSA) is 34.1 Å². The fraction of sp³-hybridized carbons (Fsp3) is 0.360. The van der Waals surface area contributed by atoms with Crippen molar-refractivity contribution in [3.8, 4) is 0 Å². The van der Waals surface area contributed by atoms with E-state index < -0.39 is 9.84 Å². The van der Waals surface area contributed by atoms with E-state index in [2.05, 4.69) is 49.9 Å². The highest BCUT2D eigenvalue weighted by atomic mass is 32.2. The van der Waals surface area contributed by atoms with Crippen molar-refractivity contribution in [3.05, 3.63) is 90.0 Å². The maximum Gasteiger partial charge on any atom is 0.181 e. The van der Waals surface area contributed by atoms with E-state index in [1.165, 1.54) is 11.1 Å². The summed E-state index contributed by atoms with van der Waals surface area (Å²) in [5.41, 5.74) is 3.71. The average molecular weight is 393 g/mol. The Morgan fingerprint density at radius 2 is 1.64 bits per heavy atom. The van der Waals surface area contributed by atoms with Crippen molar-refractivity contribution >= 4 is 9.84 Å². The molecule has 146 valence electrons. The van der Waals surface area contributed by atoms with Crippen LogP contribution in [0.5, 0.6) is 0 Å². The van der Waals surface area contributed by atoms with E-state index in [0.717, 1.165) is 5.56 Å². The number of rotatable bonds is 4. The molecule has 0 bridgehead atoms. The Morgan fingerprint density at radius 1 is 0.964 bits per heavy atom. The Labute approximate surface area is 168 Å². The first-order valence-electron chi connectivity index (χ1n) is 10.1. The largest absolute Gasteiger partial charge is 0.223 e. The van der Waals surface area contributed by atoms with Crippen molar-refractivity contribution in [2.45, 2.75) is 42.8 Å². The molecule has 28 heavy (non-hydrogen) atoms. The van der Waals surface area contributed by atoms with Crippen LogP contribution in [-0.4, -0.2) is 13.7 Å². The molecule has 3 heteroatoms. The molecular weight excluding hydrogens is 364 g/mol. The molecule has 1 fully saturated rings. The number of hydrogen-bond donors (Lipinski definition) is 0. The lowest BCUT2D eigenvalue weighted by atomic mass is 9.66. The van der Waals surface area contributed by atoms with Gasteiger partial charge in [0.15, 0.2) is 9.84 Å². The van der Waals surface area contributed by atoms with Crippen LogP contribution in [0.15, 0.2) is 83.8 Å². The molecule has 5 atom stereocenters. The zero-order chi connectivity index (χ0) is 19.9. The highest BCUT2D eigenvalue weighted by Gasteiger charge is 2.47. The predicted molar refractivity (Wildman–Crippen MR) is 115 cm³/mol. The number of benzene rings is 2. The fourth-order valence-electron chi connectivity index (χ4n) is 5.31. The normalized spacial score (nSPS) is 29.8. The molecule has 0 aliphatic heterocycles. The lowest BCUT2D eigenvalue weighted by Crippen LogP contribution is -2.28. The summed E-state index contributed by atoms with van der Waals surface area (Å²) in [5, 5.41) is -0.314. The molecule has 2 aliphatic rings. The van der Waals surface area contributed by atoms with Crippen LogP contribution in [-0.2, 0) is 9.84 Å². The Balaban J connectivity index is 1.65. The number of fused-ring (bicyclic) bond motifs is 1. The van der Waals surface area contributed by atoms with Crippen LogP contribution in [0.1, 0.15) is 36.8 Å². The van der Waals surface area contributed by atoms with E-state index in [1.807, 2.05) is 25.1 Å². The quantitative estimate of drug-likeness (QED) is 0.625. The Kier molecular flexibility index (Phi) is 5.05. The number of aryl methyl sites for hydroxylation is 1. The molecule has 1 unspecified atom stereocenters. The first-order chi connectivity index (χ1) is 13.4. The smallest absolute Gasteiger partial charge is 0.181 e. The van der Waals surface area contributed by atoms with E-state index >= 15 is 0 Å². The minimum Gasteiger partial charge on any atom is -0.223 e. The zero-order valence-electron chi connectivity index (χ0n) is 16.6. The van der Waals surface area contributed by atoms with Crippen LogP contribution in [0.2, 0.25) is 0 Å². The molecule has 2 aliphatic carbocycles. The van der Waals surface area contributed by atoms with Crippen molar-refractivity contribution in [3.63, 3.8) is 0 Å². The van der Waals surface area contributed by atoms with Crippen LogP contribution >= 0.6 is 0 Å². The molecule has 2 aromatic rings. The second kappa shape index (κ2) is 7.36. The molecule has 0 heterocycles. The molecule has 4 rings (SSSR count). The van der Waals surface area contributed by atoms with Crippen molar-refractivity contribution < 1.29 is 8.42 Å². The maximum atomic E-state index is 13.3. The van der Waals surface area contributed by atoms with Crippen LogP contribution in [0, 0.1) is 24.7 Å². The summed E-state index contributed by atoms with van der Waals surface area (Å²) >= 11 is 0. The fourth-order valence-corrected chi connectivity index (χ4v) is 7.16. The molecule has 0 saturated heterocycles. The maximum absolute atomic E-state index is 13.3. The summed E-state index contributed by atoms with van der Waals surface area (Å²) < 4.78 is 26.5. The van der Waals surface area contributed by atoms with Gasteiger partial charge >= 0.3 is 0 Å². The molecule has 0 aromatic heterocycles. The monoisotopic (exact) mass is 392 g/mol. The van der Waals surface area contributed by atoms with E-state index in [-0.39, 0.29) is 11.2 Å². The summed E-state index contributed by atoms with van der Waals surface area (Å²) in [4.78, 5) is 0.456. The van der Waals surface area contributed by atoms with Crippen molar-refractivity contribution in [2.24, 2.45) is 17.8 Å². The summed E-state index contributed by atoms with van der Waals surface area (Å²) in [7, 11) is -3.31. The third-order valence-electron chi connectivity index (χ3n) is 6.69. The molecule has 0 N–H and O–H groups in total. The van der Waals surface area contributed by atoms with Gasteiger partial charge in [0.25, 0.3) is 0 Å². The average Bonchev–Trinajstić information content (AvgIpc) is 3.12. The Hall–Kier alpha value is -2.13. The third-order valence-corrected chi connectivity index (χ3v) is 8.88. The van der Waals surface area contributed by atoms with Crippen molar-refractivity contribution in [2.75, 3.05) is 0 Å². The number of hydrogen-bond acceptors (Lipinski definition) is 2. The SMILES string of the molecule is C=C[C@@H]1[C@H]2CC(S(=O)(=O)c3ccc(C)cc3)C[C@@H]2C=C(C)[C@@H]1c1ccccc1. The van der Waals surface area contributed by atoms with E-state index in [9.17, 15) is 8.42 Å². The second-order valence-electron chi connectivity index (χ2n) is 8.39. The first kappa shape index (κ1) is 19.2. The second-order valence-corrected chi connectivity index (χ2v) is 10.6. The van der Waals surface area contributed by atoms with Gasteiger partial charge in [-0.15, -0.1) is 6.58 Å². The number of allylic oxidation sites excluding steroid dienone is 3. The lowest BCUT2D eigenvalue weighted by molar-refractivity contribution is 0.297. The van der Waals surface area contributed by atoms with Gasteiger partial charge in [-0.3, -0.25) is 0 Å². The van der Waals surface area contributed by atoms with Crippen LogP contribution in [0.3, 0.4) is 0 Å². The molecule has 0 radical (unpaired) electrons. The predicted octanol–water partition coefficient (Wildman–Crippen LogP) is 5.71. The summed E-state index contributed by atoms with van der Waals surface area (Å²) in [5.74, 6) is 1.21. The van der Waals surface area contributed by atoms with Gasteiger partial charge < -0.3 is 0 Å². The molecule has 2 nitrogen and oxygen atoms in total. The summed E-state index contributed by atoms with van der Waals surface area (Å²) in [6, 6.07) is 17.8. The van der Waals surface area contributed by atoms with Crippen LogP contribution in [0.4, 0.5) is 0 Å². The van der Waals surface area contributed by atoms with E-state index in [0.29, 0.717) is 35.5 Å². The van der Waals surface area contributed by atoms with Gasteiger partial charge in [0.05, 0.1) is 10.1 Å². The summed E-state index contributed by atoms with van der Waals surface area (Å²) in [6.45, 7) is 8.30. The minimum absolute atomic E-state index is 0.274. The lowest BCUT2D eigenvalue weighted by Gasteiger charge is -2.38. The molecule has 1 saturated carbocycles. The summed E-state index contributed by atoms with van der Waals surface area (Å²) in [6.07, 6.45) is 5.83. The van der Waals surface area contributed by atoms with Gasteiger partial charge in [-0.05, 0) is 62.1 Å². The van der Waals surface area contributed by atoms with E-state index in [4.69, 9.17) is 0 Å². The number of sulfone groups is 1. The molecule has 0 amide bonds. The van der Waals surface area contributed by atoms with Crippen molar-refractivity contribution in [1.29, 1.82) is 0 Å². The third kappa shape index (κ3) is 3.26. The van der Waals surface area contributed by atoms with Gasteiger partial charge in [-0.2, -0.15) is 0 Å².